The smallest absolute Gasteiger partial charge is 0.231 e. The third-order valence-electron chi connectivity index (χ3n) is 4.72. The molecule has 0 radical (unpaired) electrons. The normalized spacial score (nSPS) is 17.8. The van der Waals surface area contributed by atoms with E-state index in [1.165, 1.54) is 17.7 Å². The molecular formula is C19H20ClFN2O2. The molecule has 4 nitrogen and oxygen atoms in total. The molecule has 0 unspecified atom stereocenters. The van der Waals surface area contributed by atoms with E-state index in [-0.39, 0.29) is 5.82 Å². The van der Waals surface area contributed by atoms with Gasteiger partial charge in [0.25, 0.3) is 0 Å². The van der Waals surface area contributed by atoms with Crippen LogP contribution in [0.15, 0.2) is 36.4 Å². The average Bonchev–Trinajstić information content (AvgIpc) is 3.07. The van der Waals surface area contributed by atoms with Gasteiger partial charge in [0.05, 0.1) is 0 Å². The summed E-state index contributed by atoms with van der Waals surface area (Å²) in [5, 5.41) is 0.503. The Morgan fingerprint density at radius 2 is 1.60 bits per heavy atom. The Hall–Kier alpha value is -1.82. The van der Waals surface area contributed by atoms with Crippen molar-refractivity contribution in [1.29, 1.82) is 0 Å². The van der Waals surface area contributed by atoms with Crippen LogP contribution in [-0.2, 0) is 13.1 Å². The first-order valence-corrected chi connectivity index (χ1v) is 8.82. The molecule has 2 aromatic rings. The summed E-state index contributed by atoms with van der Waals surface area (Å²) in [5.41, 5.74) is 2.21. The summed E-state index contributed by atoms with van der Waals surface area (Å²) in [5.74, 6) is 1.37. The second kappa shape index (κ2) is 7.20. The first-order chi connectivity index (χ1) is 12.2. The number of hydrogen-bond acceptors (Lipinski definition) is 4. The molecule has 0 atom stereocenters. The molecule has 1 fully saturated rings. The number of piperazine rings is 1. The first kappa shape index (κ1) is 16.6. The van der Waals surface area contributed by atoms with E-state index < -0.39 is 0 Å². The largest absolute Gasteiger partial charge is 0.454 e. The van der Waals surface area contributed by atoms with Gasteiger partial charge in [0.2, 0.25) is 6.79 Å². The van der Waals surface area contributed by atoms with E-state index in [4.69, 9.17) is 21.1 Å². The van der Waals surface area contributed by atoms with Crippen molar-refractivity contribution >= 4 is 11.6 Å². The van der Waals surface area contributed by atoms with Crippen molar-refractivity contribution in [3.63, 3.8) is 0 Å². The minimum absolute atomic E-state index is 0.290. The van der Waals surface area contributed by atoms with Gasteiger partial charge in [-0.15, -0.1) is 0 Å². The van der Waals surface area contributed by atoms with Gasteiger partial charge < -0.3 is 9.47 Å². The highest BCUT2D eigenvalue weighted by Crippen LogP contribution is 2.32. The highest BCUT2D eigenvalue weighted by Gasteiger charge is 2.19. The van der Waals surface area contributed by atoms with Crippen molar-refractivity contribution in [3.8, 4) is 11.5 Å². The lowest BCUT2D eigenvalue weighted by atomic mass is 10.1. The molecule has 2 heterocycles. The van der Waals surface area contributed by atoms with Crippen LogP contribution in [0.1, 0.15) is 11.1 Å². The molecule has 25 heavy (non-hydrogen) atoms. The molecule has 2 aromatic carbocycles. The Balaban J connectivity index is 1.31. The van der Waals surface area contributed by atoms with Crippen LogP contribution in [-0.4, -0.2) is 42.8 Å². The number of halogens is 2. The van der Waals surface area contributed by atoms with Crippen LogP contribution in [0.5, 0.6) is 11.5 Å². The summed E-state index contributed by atoms with van der Waals surface area (Å²) in [7, 11) is 0. The van der Waals surface area contributed by atoms with Crippen molar-refractivity contribution < 1.29 is 13.9 Å². The lowest BCUT2D eigenvalue weighted by Gasteiger charge is -2.34. The fourth-order valence-corrected chi connectivity index (χ4v) is 3.52. The van der Waals surface area contributed by atoms with Crippen LogP contribution in [0.2, 0.25) is 5.02 Å². The fraction of sp³-hybridized carbons (Fsp3) is 0.368. The maximum atomic E-state index is 13.1. The summed E-state index contributed by atoms with van der Waals surface area (Å²) in [6, 6.07) is 10.8. The van der Waals surface area contributed by atoms with Gasteiger partial charge in [-0.2, -0.15) is 0 Å². The van der Waals surface area contributed by atoms with Crippen molar-refractivity contribution in [2.24, 2.45) is 0 Å². The third-order valence-corrected chi connectivity index (χ3v) is 5.07. The van der Waals surface area contributed by atoms with E-state index >= 15 is 0 Å². The predicted octanol–water partition coefficient (Wildman–Crippen LogP) is 3.53. The topological polar surface area (TPSA) is 24.9 Å². The third kappa shape index (κ3) is 3.89. The van der Waals surface area contributed by atoms with Gasteiger partial charge in [0.1, 0.15) is 5.82 Å². The molecule has 4 rings (SSSR count). The zero-order valence-electron chi connectivity index (χ0n) is 13.9. The van der Waals surface area contributed by atoms with Crippen molar-refractivity contribution in [1.82, 2.24) is 9.80 Å². The van der Waals surface area contributed by atoms with Crippen LogP contribution < -0.4 is 9.47 Å². The van der Waals surface area contributed by atoms with Crippen LogP contribution >= 0.6 is 11.6 Å². The van der Waals surface area contributed by atoms with Gasteiger partial charge in [0.15, 0.2) is 11.5 Å². The van der Waals surface area contributed by atoms with Crippen LogP contribution in [0.3, 0.4) is 0 Å². The Bertz CT molecular complexity index is 763. The van der Waals surface area contributed by atoms with Gasteiger partial charge in [-0.3, -0.25) is 9.80 Å². The van der Waals surface area contributed by atoms with Gasteiger partial charge in [-0.05, 0) is 35.4 Å². The van der Waals surface area contributed by atoms with E-state index in [1.807, 2.05) is 6.07 Å². The molecule has 2 aliphatic heterocycles. The number of hydrogen-bond donors (Lipinski definition) is 0. The SMILES string of the molecule is Fc1ccc(CN2CCN(Cc3ccc4c(c3)OCO4)CC2)c(Cl)c1. The minimum Gasteiger partial charge on any atom is -0.454 e. The standard InChI is InChI=1S/C19H20ClFN2O2/c20-17-10-16(21)3-2-15(17)12-23-7-5-22(6-8-23)11-14-1-4-18-19(9-14)25-13-24-18/h1-4,9-10H,5-8,11-13H2. The highest BCUT2D eigenvalue weighted by molar-refractivity contribution is 6.31. The summed E-state index contributed by atoms with van der Waals surface area (Å²) in [4.78, 5) is 4.79. The van der Waals surface area contributed by atoms with Gasteiger partial charge in [-0.25, -0.2) is 4.39 Å². The number of rotatable bonds is 4. The second-order valence-electron chi connectivity index (χ2n) is 6.48. The molecule has 0 saturated carbocycles. The average molecular weight is 363 g/mol. The highest BCUT2D eigenvalue weighted by atomic mass is 35.5. The van der Waals surface area contributed by atoms with Crippen LogP contribution in [0, 0.1) is 5.82 Å². The fourth-order valence-electron chi connectivity index (χ4n) is 3.29. The summed E-state index contributed by atoms with van der Waals surface area (Å²) < 4.78 is 23.9. The molecule has 0 aromatic heterocycles. The summed E-state index contributed by atoms with van der Waals surface area (Å²) in [6.45, 7) is 5.90. The van der Waals surface area contributed by atoms with Gasteiger partial charge >= 0.3 is 0 Å². The molecule has 0 N–H and O–H groups in total. The molecule has 1 saturated heterocycles. The molecular weight excluding hydrogens is 343 g/mol. The van der Waals surface area contributed by atoms with E-state index in [0.717, 1.165) is 56.3 Å². The molecule has 2 aliphatic rings. The second-order valence-corrected chi connectivity index (χ2v) is 6.88. The van der Waals surface area contributed by atoms with E-state index in [1.54, 1.807) is 6.07 Å². The lowest BCUT2D eigenvalue weighted by Crippen LogP contribution is -2.45. The molecule has 0 spiro atoms. The molecule has 0 bridgehead atoms. The molecule has 6 heteroatoms. The van der Waals surface area contributed by atoms with E-state index in [0.29, 0.717) is 11.8 Å². The van der Waals surface area contributed by atoms with Gasteiger partial charge in [0, 0.05) is 44.3 Å². The quantitative estimate of drug-likeness (QED) is 0.830. The van der Waals surface area contributed by atoms with Crippen molar-refractivity contribution in [2.45, 2.75) is 13.1 Å². The minimum atomic E-state index is -0.290. The van der Waals surface area contributed by atoms with Crippen LogP contribution in [0.4, 0.5) is 4.39 Å². The zero-order chi connectivity index (χ0) is 17.2. The van der Waals surface area contributed by atoms with Crippen LogP contribution in [0.25, 0.3) is 0 Å². The Morgan fingerprint density at radius 1 is 0.880 bits per heavy atom. The first-order valence-electron chi connectivity index (χ1n) is 8.44. The summed E-state index contributed by atoms with van der Waals surface area (Å²) >= 11 is 6.13. The Labute approximate surface area is 151 Å². The maximum absolute atomic E-state index is 13.1. The lowest BCUT2D eigenvalue weighted by molar-refractivity contribution is 0.122. The van der Waals surface area contributed by atoms with Crippen molar-refractivity contribution in [2.75, 3.05) is 33.0 Å². The number of nitrogens with zero attached hydrogens (tertiary/aromatic N) is 2. The molecule has 0 amide bonds. The molecule has 132 valence electrons. The molecule has 0 aliphatic carbocycles. The number of benzene rings is 2. The number of fused-ring (bicyclic) bond motifs is 1. The summed E-state index contributed by atoms with van der Waals surface area (Å²) in [6.07, 6.45) is 0. The van der Waals surface area contributed by atoms with Gasteiger partial charge in [-0.1, -0.05) is 23.7 Å². The zero-order valence-corrected chi connectivity index (χ0v) is 14.6. The Morgan fingerprint density at radius 3 is 2.36 bits per heavy atom. The maximum Gasteiger partial charge on any atom is 0.231 e. The Kier molecular flexibility index (Phi) is 4.79. The monoisotopic (exact) mass is 362 g/mol. The van der Waals surface area contributed by atoms with Crippen molar-refractivity contribution in [3.05, 3.63) is 58.4 Å². The predicted molar refractivity (Wildman–Crippen MR) is 94.5 cm³/mol. The number of ether oxygens (including phenoxy) is 2. The van der Waals surface area contributed by atoms with E-state index in [9.17, 15) is 4.39 Å². The van der Waals surface area contributed by atoms with E-state index in [2.05, 4.69) is 21.9 Å².